The Hall–Kier alpha value is -0.340. The fraction of sp³-hybridized carbons (Fsp3) is 0. The smallest absolute Gasteiger partial charge is 0.133 e. The molecule has 0 unspecified atom stereocenters. The Morgan fingerprint density at radius 3 is 2.25 bits per heavy atom. The molecule has 4 heteroatoms. The van der Waals surface area contributed by atoms with Gasteiger partial charge in [-0.3, -0.25) is 0 Å². The second-order valence-electron chi connectivity index (χ2n) is 1.11. The Balaban J connectivity index is 3.17. The number of aromatic nitrogens is 2. The molecular weight excluding hydrogens is 147 g/mol. The summed E-state index contributed by atoms with van der Waals surface area (Å²) in [5.41, 5.74) is 0. The summed E-state index contributed by atoms with van der Waals surface area (Å²) < 4.78 is 6.89. The second-order valence-corrected chi connectivity index (χ2v) is 1.89. The summed E-state index contributed by atoms with van der Waals surface area (Å²) in [4.78, 5) is 6.94. The zero-order valence-electron chi connectivity index (χ0n) is 4.73. The van der Waals surface area contributed by atoms with E-state index in [0.717, 1.165) is 0 Å². The van der Waals surface area contributed by atoms with Gasteiger partial charge >= 0.3 is 0 Å². The maximum absolute atomic E-state index is 6.89. The van der Waals surface area contributed by atoms with Crippen LogP contribution in [0.3, 0.4) is 0 Å². The molecule has 0 aromatic carbocycles. The Morgan fingerprint density at radius 1 is 1.38 bits per heavy atom. The molecule has 1 aromatic heterocycles. The van der Waals surface area contributed by atoms with Gasteiger partial charge in [-0.15, -0.1) is 0 Å². The largest absolute Gasteiger partial charge is 0.225 e. The SMILES string of the molecule is [2H]c1nc(Cl)cc(Cl)n1. The van der Waals surface area contributed by atoms with E-state index >= 15 is 0 Å². The third kappa shape index (κ3) is 1.32. The van der Waals surface area contributed by atoms with Crippen molar-refractivity contribution >= 4 is 23.2 Å². The van der Waals surface area contributed by atoms with Crippen molar-refractivity contribution in [2.45, 2.75) is 0 Å². The third-order valence-corrected chi connectivity index (χ3v) is 0.939. The van der Waals surface area contributed by atoms with E-state index in [1.165, 1.54) is 6.07 Å². The van der Waals surface area contributed by atoms with Crippen molar-refractivity contribution in [2.75, 3.05) is 0 Å². The minimum Gasteiger partial charge on any atom is -0.225 e. The van der Waals surface area contributed by atoms with Gasteiger partial charge in [0, 0.05) is 6.07 Å². The monoisotopic (exact) mass is 149 g/mol. The molecule has 2 nitrogen and oxygen atoms in total. The van der Waals surface area contributed by atoms with Crippen LogP contribution >= 0.6 is 23.2 Å². The molecule has 0 spiro atoms. The Labute approximate surface area is 57.9 Å². The van der Waals surface area contributed by atoms with Crippen LogP contribution in [0.25, 0.3) is 0 Å². The highest BCUT2D eigenvalue weighted by Crippen LogP contribution is 2.07. The lowest BCUT2D eigenvalue weighted by molar-refractivity contribution is 1.17. The predicted octanol–water partition coefficient (Wildman–Crippen LogP) is 1.78. The van der Waals surface area contributed by atoms with Crippen molar-refractivity contribution in [1.82, 2.24) is 9.97 Å². The van der Waals surface area contributed by atoms with Crippen molar-refractivity contribution in [3.05, 3.63) is 22.7 Å². The molecule has 0 atom stereocenters. The summed E-state index contributed by atoms with van der Waals surface area (Å²) in [7, 11) is 0. The highest BCUT2D eigenvalue weighted by molar-refractivity contribution is 6.33. The minimum absolute atomic E-state index is 0.160. The summed E-state index contributed by atoms with van der Waals surface area (Å²) in [5, 5.41) is 0.389. The topological polar surface area (TPSA) is 25.8 Å². The van der Waals surface area contributed by atoms with Gasteiger partial charge in [0.1, 0.15) is 18.0 Å². The molecule has 8 heavy (non-hydrogen) atoms. The van der Waals surface area contributed by atoms with E-state index in [2.05, 4.69) is 9.97 Å². The first-order chi connectivity index (χ1) is 4.18. The quantitative estimate of drug-likeness (QED) is 0.526. The van der Waals surface area contributed by atoms with Crippen LogP contribution in [0.1, 0.15) is 1.37 Å². The van der Waals surface area contributed by atoms with Crippen molar-refractivity contribution < 1.29 is 1.37 Å². The van der Waals surface area contributed by atoms with Gasteiger partial charge in [0.05, 0.1) is 0 Å². The van der Waals surface area contributed by atoms with Gasteiger partial charge in [-0.1, -0.05) is 23.2 Å². The van der Waals surface area contributed by atoms with E-state index in [4.69, 9.17) is 24.6 Å². The number of nitrogens with zero attached hydrogens (tertiary/aromatic N) is 2. The summed E-state index contributed by atoms with van der Waals surface area (Å²) in [6, 6.07) is 1.38. The van der Waals surface area contributed by atoms with Crippen molar-refractivity contribution in [2.24, 2.45) is 0 Å². The van der Waals surface area contributed by atoms with Gasteiger partial charge < -0.3 is 0 Å². The van der Waals surface area contributed by atoms with Crippen LogP contribution in [-0.4, -0.2) is 9.97 Å². The average molecular weight is 150 g/mol. The number of hydrogen-bond donors (Lipinski definition) is 0. The standard InChI is InChI=1S/C4H2Cl2N2/c5-3-1-4(6)8-2-7-3/h1-2H/i2D. The lowest BCUT2D eigenvalue weighted by Crippen LogP contribution is -1.76. The summed E-state index contributed by atoms with van der Waals surface area (Å²) in [6.45, 7) is 0. The molecule has 0 saturated carbocycles. The first-order valence-corrected chi connectivity index (χ1v) is 2.61. The Bertz CT molecular complexity index is 177. The normalized spacial score (nSPS) is 11.0. The molecule has 0 N–H and O–H groups in total. The van der Waals surface area contributed by atoms with Crippen molar-refractivity contribution in [3.8, 4) is 0 Å². The molecule has 0 saturated heterocycles. The van der Waals surface area contributed by atoms with Gasteiger partial charge in [-0.05, 0) is 0 Å². The zero-order valence-corrected chi connectivity index (χ0v) is 5.24. The predicted molar refractivity (Wildman–Crippen MR) is 32.1 cm³/mol. The van der Waals surface area contributed by atoms with Crippen molar-refractivity contribution in [3.63, 3.8) is 0 Å². The molecule has 0 fully saturated rings. The van der Waals surface area contributed by atoms with E-state index in [9.17, 15) is 0 Å². The molecule has 0 aliphatic carbocycles. The van der Waals surface area contributed by atoms with Crippen LogP contribution in [-0.2, 0) is 0 Å². The fourth-order valence-electron chi connectivity index (χ4n) is 0.283. The minimum atomic E-state index is -0.160. The van der Waals surface area contributed by atoms with Gasteiger partial charge in [0.25, 0.3) is 0 Å². The second kappa shape index (κ2) is 2.29. The molecule has 0 aliphatic rings. The Morgan fingerprint density at radius 2 is 1.88 bits per heavy atom. The maximum atomic E-state index is 6.89. The lowest BCUT2D eigenvalue weighted by atomic mass is 10.7. The molecule has 0 bridgehead atoms. The van der Waals surface area contributed by atoms with E-state index < -0.39 is 0 Å². The molecule has 0 amide bonds. The molecule has 0 radical (unpaired) electrons. The highest BCUT2D eigenvalue weighted by Gasteiger charge is 1.87. The summed E-state index contributed by atoms with van der Waals surface area (Å²) >= 11 is 10.8. The van der Waals surface area contributed by atoms with Crippen LogP contribution in [0.2, 0.25) is 10.3 Å². The van der Waals surface area contributed by atoms with Crippen molar-refractivity contribution in [1.29, 1.82) is 0 Å². The molecule has 1 aromatic rings. The van der Waals surface area contributed by atoms with Crippen LogP contribution in [0.5, 0.6) is 0 Å². The highest BCUT2D eigenvalue weighted by atomic mass is 35.5. The third-order valence-electron chi connectivity index (χ3n) is 0.552. The molecule has 1 rings (SSSR count). The molecular formula is C4H2Cl2N2. The zero-order chi connectivity index (χ0) is 6.85. The average Bonchev–Trinajstić information content (AvgIpc) is 1.59. The van der Waals surface area contributed by atoms with E-state index in [0.29, 0.717) is 0 Å². The number of rotatable bonds is 0. The van der Waals surface area contributed by atoms with Crippen LogP contribution < -0.4 is 0 Å². The first kappa shape index (κ1) is 4.53. The van der Waals surface area contributed by atoms with E-state index in [1.807, 2.05) is 0 Å². The van der Waals surface area contributed by atoms with Crippen LogP contribution in [0.4, 0.5) is 0 Å². The number of hydrogen-bond acceptors (Lipinski definition) is 2. The van der Waals surface area contributed by atoms with Gasteiger partial charge in [-0.25, -0.2) is 9.97 Å². The summed E-state index contributed by atoms with van der Waals surface area (Å²) in [6.07, 6.45) is -0.160. The molecule has 1 heterocycles. The molecule has 0 aliphatic heterocycles. The number of halogens is 2. The van der Waals surface area contributed by atoms with Crippen LogP contribution in [0.15, 0.2) is 12.4 Å². The van der Waals surface area contributed by atoms with E-state index in [1.54, 1.807) is 0 Å². The first-order valence-electron chi connectivity index (χ1n) is 2.35. The van der Waals surface area contributed by atoms with E-state index in [-0.39, 0.29) is 16.6 Å². The summed E-state index contributed by atoms with van der Waals surface area (Å²) in [5.74, 6) is 0. The Kier molecular flexibility index (Phi) is 1.29. The van der Waals surface area contributed by atoms with Gasteiger partial charge in [-0.2, -0.15) is 0 Å². The van der Waals surface area contributed by atoms with Gasteiger partial charge in [0.15, 0.2) is 0 Å². The lowest BCUT2D eigenvalue weighted by Gasteiger charge is -1.85. The van der Waals surface area contributed by atoms with Gasteiger partial charge in [0.2, 0.25) is 0 Å². The fourth-order valence-corrected chi connectivity index (χ4v) is 0.622. The van der Waals surface area contributed by atoms with Crippen LogP contribution in [0, 0.1) is 0 Å². The maximum Gasteiger partial charge on any atom is 0.133 e. The molecule has 42 valence electrons.